The molecule has 0 aromatic carbocycles. The predicted molar refractivity (Wildman–Crippen MR) is 70.2 cm³/mol. The number of rotatable bonds is 4. The van der Waals surface area contributed by atoms with E-state index >= 15 is 0 Å². The fourth-order valence-corrected chi connectivity index (χ4v) is 1.78. The summed E-state index contributed by atoms with van der Waals surface area (Å²) < 4.78 is 1.69. The van der Waals surface area contributed by atoms with Crippen LogP contribution in [0.5, 0.6) is 0 Å². The van der Waals surface area contributed by atoms with E-state index in [0.29, 0.717) is 6.54 Å². The maximum absolute atomic E-state index is 11.7. The average Bonchev–Trinajstić information content (AvgIpc) is 2.21. The third-order valence-corrected chi connectivity index (χ3v) is 2.86. The van der Waals surface area contributed by atoms with E-state index < -0.39 is 0 Å². The van der Waals surface area contributed by atoms with Gasteiger partial charge in [0.15, 0.2) is 0 Å². The zero-order valence-corrected chi connectivity index (χ0v) is 11.4. The van der Waals surface area contributed by atoms with Crippen molar-refractivity contribution in [2.24, 2.45) is 5.41 Å². The molecule has 0 aliphatic heterocycles. The first-order chi connectivity index (χ1) is 7.84. The largest absolute Gasteiger partial charge is 0.347 e. The molecule has 96 valence electrons. The Bertz CT molecular complexity index is 417. The van der Waals surface area contributed by atoms with Crippen molar-refractivity contribution in [2.75, 3.05) is 6.54 Å². The average molecular weight is 237 g/mol. The molecule has 1 rings (SSSR count). The molecule has 0 aliphatic carbocycles. The summed E-state index contributed by atoms with van der Waals surface area (Å²) in [7, 11) is 0. The number of nitrogens with one attached hydrogen (secondary N) is 1. The number of hydrogen-bond acceptors (Lipinski definition) is 3. The van der Waals surface area contributed by atoms with Crippen molar-refractivity contribution in [3.05, 3.63) is 28.4 Å². The van der Waals surface area contributed by atoms with E-state index in [1.807, 2.05) is 13.1 Å². The lowest BCUT2D eigenvalue weighted by Crippen LogP contribution is -2.45. The molecule has 0 spiro atoms. The monoisotopic (exact) mass is 237 g/mol. The second-order valence-electron chi connectivity index (χ2n) is 5.54. The summed E-state index contributed by atoms with van der Waals surface area (Å²) in [6, 6.07) is 0.258. The summed E-state index contributed by atoms with van der Waals surface area (Å²) in [5.41, 5.74) is 0.940. The minimum absolute atomic E-state index is 0.110. The molecule has 0 aliphatic rings. The smallest absolute Gasteiger partial charge is 0.312 e. The van der Waals surface area contributed by atoms with Gasteiger partial charge in [0.25, 0.3) is 0 Å². The second kappa shape index (κ2) is 5.45. The van der Waals surface area contributed by atoms with Crippen molar-refractivity contribution in [2.45, 2.75) is 47.2 Å². The molecule has 4 heteroatoms. The normalized spacial score (nSPS) is 13.7. The highest BCUT2D eigenvalue weighted by Crippen LogP contribution is 2.20. The number of aromatic nitrogens is 2. The van der Waals surface area contributed by atoms with Crippen LogP contribution in [0.2, 0.25) is 0 Å². The lowest BCUT2D eigenvalue weighted by Gasteiger charge is -2.31. The number of likely N-dealkylation sites (N-methyl/N-ethyl adjacent to an activating group) is 1. The highest BCUT2D eigenvalue weighted by atomic mass is 16.1. The van der Waals surface area contributed by atoms with Crippen molar-refractivity contribution in [1.82, 2.24) is 14.9 Å². The van der Waals surface area contributed by atoms with Gasteiger partial charge < -0.3 is 5.32 Å². The zero-order valence-electron chi connectivity index (χ0n) is 11.4. The maximum Gasteiger partial charge on any atom is 0.347 e. The van der Waals surface area contributed by atoms with Crippen LogP contribution in [-0.4, -0.2) is 22.1 Å². The topological polar surface area (TPSA) is 46.9 Å². The zero-order chi connectivity index (χ0) is 13.1. The van der Waals surface area contributed by atoms with Gasteiger partial charge in [0.1, 0.15) is 0 Å². The van der Waals surface area contributed by atoms with Crippen molar-refractivity contribution in [1.29, 1.82) is 0 Å². The molecule has 0 radical (unpaired) electrons. The number of nitrogens with zero attached hydrogens (tertiary/aromatic N) is 2. The summed E-state index contributed by atoms with van der Waals surface area (Å²) in [6.45, 7) is 12.1. The quantitative estimate of drug-likeness (QED) is 0.864. The van der Waals surface area contributed by atoms with E-state index in [-0.39, 0.29) is 17.1 Å². The van der Waals surface area contributed by atoms with Crippen molar-refractivity contribution in [3.63, 3.8) is 0 Å². The van der Waals surface area contributed by atoms with Crippen LogP contribution in [0.4, 0.5) is 0 Å². The first-order valence-electron chi connectivity index (χ1n) is 6.11. The van der Waals surface area contributed by atoms with Crippen LogP contribution in [0.3, 0.4) is 0 Å². The third-order valence-electron chi connectivity index (χ3n) is 2.86. The van der Waals surface area contributed by atoms with Crippen LogP contribution < -0.4 is 11.0 Å². The lowest BCUT2D eigenvalue weighted by atomic mass is 9.86. The minimum atomic E-state index is -0.178. The molecular formula is C13H23N3O. The van der Waals surface area contributed by atoms with Gasteiger partial charge in [-0.15, -0.1) is 0 Å². The Morgan fingerprint density at radius 1 is 1.47 bits per heavy atom. The molecule has 0 saturated heterocycles. The predicted octanol–water partition coefficient (Wildman–Crippen LogP) is 1.58. The van der Waals surface area contributed by atoms with Gasteiger partial charge >= 0.3 is 5.69 Å². The Morgan fingerprint density at radius 3 is 2.65 bits per heavy atom. The molecule has 1 atom stereocenters. The Labute approximate surface area is 103 Å². The molecule has 0 bridgehead atoms. The summed E-state index contributed by atoms with van der Waals surface area (Å²) in [4.78, 5) is 15.5. The van der Waals surface area contributed by atoms with Crippen LogP contribution in [0, 0.1) is 12.3 Å². The highest BCUT2D eigenvalue weighted by Gasteiger charge is 2.24. The number of hydrogen-bond donors (Lipinski definition) is 1. The third kappa shape index (κ3) is 3.97. The molecule has 0 saturated carbocycles. The second-order valence-corrected chi connectivity index (χ2v) is 5.54. The van der Waals surface area contributed by atoms with Crippen LogP contribution in [0.1, 0.15) is 33.3 Å². The summed E-state index contributed by atoms with van der Waals surface area (Å²) >= 11 is 0. The molecule has 1 unspecified atom stereocenters. The van der Waals surface area contributed by atoms with Gasteiger partial charge in [-0.2, -0.15) is 0 Å². The molecule has 1 aromatic heterocycles. The van der Waals surface area contributed by atoms with Gasteiger partial charge in [-0.1, -0.05) is 27.7 Å². The van der Waals surface area contributed by atoms with E-state index in [9.17, 15) is 4.79 Å². The van der Waals surface area contributed by atoms with E-state index in [1.165, 1.54) is 0 Å². The summed E-state index contributed by atoms with van der Waals surface area (Å²) in [5.74, 6) is 0. The maximum atomic E-state index is 11.7. The van der Waals surface area contributed by atoms with E-state index in [2.05, 4.69) is 38.0 Å². The molecule has 17 heavy (non-hydrogen) atoms. The van der Waals surface area contributed by atoms with E-state index in [4.69, 9.17) is 0 Å². The summed E-state index contributed by atoms with van der Waals surface area (Å²) in [5, 5.41) is 3.43. The Morgan fingerprint density at radius 2 is 2.12 bits per heavy atom. The number of aryl methyl sites for hydroxylation is 1. The van der Waals surface area contributed by atoms with E-state index in [0.717, 1.165) is 12.1 Å². The lowest BCUT2D eigenvalue weighted by molar-refractivity contribution is 0.242. The van der Waals surface area contributed by atoms with Crippen LogP contribution >= 0.6 is 0 Å². The fourth-order valence-electron chi connectivity index (χ4n) is 1.78. The molecular weight excluding hydrogens is 214 g/mol. The van der Waals surface area contributed by atoms with Crippen LogP contribution in [-0.2, 0) is 6.54 Å². The van der Waals surface area contributed by atoms with Gasteiger partial charge in [0.2, 0.25) is 0 Å². The van der Waals surface area contributed by atoms with Gasteiger partial charge in [0, 0.05) is 25.0 Å². The molecule has 1 heterocycles. The van der Waals surface area contributed by atoms with Crippen molar-refractivity contribution < 1.29 is 0 Å². The minimum Gasteiger partial charge on any atom is -0.312 e. The molecule has 0 amide bonds. The highest BCUT2D eigenvalue weighted by molar-refractivity contribution is 5.00. The van der Waals surface area contributed by atoms with Crippen molar-refractivity contribution in [3.8, 4) is 0 Å². The van der Waals surface area contributed by atoms with Gasteiger partial charge in [-0.3, -0.25) is 4.57 Å². The Kier molecular flexibility index (Phi) is 4.46. The SMILES string of the molecule is CCNC(Cn1cc(C)cnc1=O)C(C)(C)C. The van der Waals surface area contributed by atoms with Crippen LogP contribution in [0.25, 0.3) is 0 Å². The molecule has 0 fully saturated rings. The van der Waals surface area contributed by atoms with Gasteiger partial charge in [0.05, 0.1) is 0 Å². The fraction of sp³-hybridized carbons (Fsp3) is 0.692. The molecule has 1 N–H and O–H groups in total. The first kappa shape index (κ1) is 13.9. The molecule has 1 aromatic rings. The Balaban J connectivity index is 2.93. The van der Waals surface area contributed by atoms with Crippen LogP contribution in [0.15, 0.2) is 17.2 Å². The molecule has 4 nitrogen and oxygen atoms in total. The van der Waals surface area contributed by atoms with Gasteiger partial charge in [-0.05, 0) is 24.4 Å². The standard InChI is InChI=1S/C13H23N3O/c1-6-14-11(13(3,4)5)9-16-8-10(2)7-15-12(16)17/h7-8,11,14H,6,9H2,1-5H3. The Hall–Kier alpha value is -1.16. The first-order valence-corrected chi connectivity index (χ1v) is 6.11. The van der Waals surface area contributed by atoms with E-state index in [1.54, 1.807) is 10.8 Å². The summed E-state index contributed by atoms with van der Waals surface area (Å²) in [6.07, 6.45) is 3.48. The van der Waals surface area contributed by atoms with Crippen molar-refractivity contribution >= 4 is 0 Å². The van der Waals surface area contributed by atoms with Gasteiger partial charge in [-0.25, -0.2) is 9.78 Å².